The van der Waals surface area contributed by atoms with Crippen molar-refractivity contribution in [3.05, 3.63) is 42.5 Å². The lowest BCUT2D eigenvalue weighted by atomic mass is 10.2. The minimum Gasteiger partial charge on any atom is -0.490 e. The van der Waals surface area contributed by atoms with E-state index in [4.69, 9.17) is 14.2 Å². The number of anilines is 2. The predicted molar refractivity (Wildman–Crippen MR) is 127 cm³/mol. The lowest BCUT2D eigenvalue weighted by molar-refractivity contribution is -0.116. The molecule has 0 spiro atoms. The highest BCUT2D eigenvalue weighted by Gasteiger charge is 2.21. The number of sulfonamides is 1. The zero-order valence-corrected chi connectivity index (χ0v) is 19.6. The Morgan fingerprint density at radius 3 is 2.45 bits per heavy atom. The number of nitrogens with zero attached hydrogens (tertiary/aromatic N) is 1. The normalized spacial score (nSPS) is 15.8. The van der Waals surface area contributed by atoms with E-state index in [0.717, 1.165) is 24.8 Å². The number of carbonyl (C=O) groups excluding carboxylic acids is 1. The second-order valence-electron chi connectivity index (χ2n) is 8.36. The maximum absolute atomic E-state index is 12.4. The van der Waals surface area contributed by atoms with Gasteiger partial charge in [-0.2, -0.15) is 0 Å². The van der Waals surface area contributed by atoms with E-state index < -0.39 is 10.0 Å². The summed E-state index contributed by atoms with van der Waals surface area (Å²) in [7, 11) is -3.52. The molecule has 2 aromatic carbocycles. The summed E-state index contributed by atoms with van der Waals surface area (Å²) in [4.78, 5) is 12.4. The molecule has 1 N–H and O–H groups in total. The van der Waals surface area contributed by atoms with Crippen LogP contribution in [0.5, 0.6) is 17.2 Å². The topological polar surface area (TPSA) is 94.2 Å². The molecular formula is C24H30N2O6S. The SMILES string of the molecule is CS(=O)(=O)N(CCCC(=O)Nc1ccc(OC2CCCC2)cc1)c1ccc2c(c1)OCCO2. The monoisotopic (exact) mass is 474 g/mol. The largest absolute Gasteiger partial charge is 0.490 e. The van der Waals surface area contributed by atoms with Crippen LogP contribution in [-0.2, 0) is 14.8 Å². The van der Waals surface area contributed by atoms with E-state index in [2.05, 4.69) is 5.32 Å². The fourth-order valence-electron chi connectivity index (χ4n) is 4.10. The van der Waals surface area contributed by atoms with Crippen molar-refractivity contribution in [2.45, 2.75) is 44.6 Å². The fraction of sp³-hybridized carbons (Fsp3) is 0.458. The second-order valence-corrected chi connectivity index (χ2v) is 10.3. The highest BCUT2D eigenvalue weighted by molar-refractivity contribution is 7.92. The lowest BCUT2D eigenvalue weighted by Gasteiger charge is -2.25. The summed E-state index contributed by atoms with van der Waals surface area (Å²) < 4.78 is 43.0. The van der Waals surface area contributed by atoms with Crippen LogP contribution >= 0.6 is 0 Å². The first-order chi connectivity index (χ1) is 15.9. The summed E-state index contributed by atoms with van der Waals surface area (Å²) >= 11 is 0. The van der Waals surface area contributed by atoms with Crippen LogP contribution in [0.15, 0.2) is 42.5 Å². The summed E-state index contributed by atoms with van der Waals surface area (Å²) in [6.45, 7) is 1.07. The third kappa shape index (κ3) is 6.31. The third-order valence-corrected chi connectivity index (χ3v) is 6.92. The van der Waals surface area contributed by atoms with E-state index in [9.17, 15) is 13.2 Å². The lowest BCUT2D eigenvalue weighted by Crippen LogP contribution is -2.31. The van der Waals surface area contributed by atoms with Gasteiger partial charge in [-0.05, 0) is 68.5 Å². The molecular weight excluding hydrogens is 444 g/mol. The van der Waals surface area contributed by atoms with E-state index in [1.54, 1.807) is 18.2 Å². The van der Waals surface area contributed by atoms with E-state index >= 15 is 0 Å². The molecule has 0 bridgehead atoms. The maximum Gasteiger partial charge on any atom is 0.232 e. The molecule has 2 aromatic rings. The minimum absolute atomic E-state index is 0.171. The molecule has 0 aromatic heterocycles. The van der Waals surface area contributed by atoms with Crippen LogP contribution in [0.4, 0.5) is 11.4 Å². The number of benzene rings is 2. The van der Waals surface area contributed by atoms with Crippen LogP contribution in [0.1, 0.15) is 38.5 Å². The number of rotatable bonds is 9. The summed E-state index contributed by atoms with van der Waals surface area (Å²) in [6.07, 6.45) is 6.61. The zero-order valence-electron chi connectivity index (χ0n) is 18.8. The van der Waals surface area contributed by atoms with Gasteiger partial charge in [0.15, 0.2) is 11.5 Å². The van der Waals surface area contributed by atoms with Crippen LogP contribution < -0.4 is 23.8 Å². The molecule has 178 valence electrons. The molecule has 0 atom stereocenters. The summed E-state index contributed by atoms with van der Waals surface area (Å²) in [5.74, 6) is 1.75. The Balaban J connectivity index is 1.29. The van der Waals surface area contributed by atoms with Crippen molar-refractivity contribution >= 4 is 27.3 Å². The molecule has 4 rings (SSSR count). The van der Waals surface area contributed by atoms with Crippen LogP contribution in [0.2, 0.25) is 0 Å². The van der Waals surface area contributed by atoms with Gasteiger partial charge in [0.25, 0.3) is 0 Å². The Morgan fingerprint density at radius 1 is 1.06 bits per heavy atom. The van der Waals surface area contributed by atoms with Crippen molar-refractivity contribution in [1.29, 1.82) is 0 Å². The number of carbonyl (C=O) groups is 1. The molecule has 1 amide bonds. The minimum atomic E-state index is -3.52. The average Bonchev–Trinajstić information content (AvgIpc) is 3.30. The van der Waals surface area contributed by atoms with Gasteiger partial charge >= 0.3 is 0 Å². The Hall–Kier alpha value is -2.94. The van der Waals surface area contributed by atoms with Crippen molar-refractivity contribution in [1.82, 2.24) is 0 Å². The van der Waals surface area contributed by atoms with Crippen molar-refractivity contribution in [2.24, 2.45) is 0 Å². The van der Waals surface area contributed by atoms with Gasteiger partial charge < -0.3 is 19.5 Å². The molecule has 0 unspecified atom stereocenters. The number of fused-ring (bicyclic) bond motifs is 1. The van der Waals surface area contributed by atoms with E-state index in [-0.39, 0.29) is 25.0 Å². The number of nitrogens with one attached hydrogen (secondary N) is 1. The average molecular weight is 475 g/mol. The van der Waals surface area contributed by atoms with Gasteiger partial charge in [-0.3, -0.25) is 9.10 Å². The van der Waals surface area contributed by atoms with Crippen molar-refractivity contribution in [3.63, 3.8) is 0 Å². The molecule has 8 nitrogen and oxygen atoms in total. The maximum atomic E-state index is 12.4. The molecule has 1 fully saturated rings. The Labute approximate surface area is 194 Å². The van der Waals surface area contributed by atoms with Crippen LogP contribution in [0, 0.1) is 0 Å². The summed E-state index contributed by atoms with van der Waals surface area (Å²) in [5.41, 5.74) is 1.17. The smallest absolute Gasteiger partial charge is 0.232 e. The first-order valence-electron chi connectivity index (χ1n) is 11.3. The quantitative estimate of drug-likeness (QED) is 0.591. The molecule has 1 heterocycles. The van der Waals surface area contributed by atoms with Crippen molar-refractivity contribution < 1.29 is 27.4 Å². The molecule has 2 aliphatic rings. The van der Waals surface area contributed by atoms with Gasteiger partial charge in [0, 0.05) is 24.7 Å². The molecule has 1 saturated carbocycles. The Bertz CT molecular complexity index is 1060. The van der Waals surface area contributed by atoms with Crippen molar-refractivity contribution in [3.8, 4) is 17.2 Å². The van der Waals surface area contributed by atoms with Gasteiger partial charge in [-0.15, -0.1) is 0 Å². The molecule has 0 radical (unpaired) electrons. The molecule has 1 aliphatic heterocycles. The zero-order chi connectivity index (χ0) is 23.3. The summed E-state index contributed by atoms with van der Waals surface area (Å²) in [5, 5.41) is 2.86. The summed E-state index contributed by atoms with van der Waals surface area (Å²) in [6, 6.07) is 12.4. The molecule has 0 saturated heterocycles. The first kappa shape index (κ1) is 23.2. The number of ether oxygens (including phenoxy) is 3. The van der Waals surface area contributed by atoms with Crippen LogP contribution in [0.3, 0.4) is 0 Å². The second kappa shape index (κ2) is 10.3. The van der Waals surface area contributed by atoms with Gasteiger partial charge in [-0.1, -0.05) is 0 Å². The fourth-order valence-corrected chi connectivity index (χ4v) is 5.05. The van der Waals surface area contributed by atoms with Crippen LogP contribution in [-0.4, -0.2) is 46.4 Å². The molecule has 1 aliphatic carbocycles. The van der Waals surface area contributed by atoms with E-state index in [1.807, 2.05) is 24.3 Å². The van der Waals surface area contributed by atoms with Crippen molar-refractivity contribution in [2.75, 3.05) is 35.6 Å². The number of amides is 1. The van der Waals surface area contributed by atoms with Gasteiger partial charge in [-0.25, -0.2) is 8.42 Å². The van der Waals surface area contributed by atoms with Gasteiger partial charge in [0.05, 0.1) is 18.0 Å². The van der Waals surface area contributed by atoms with Gasteiger partial charge in [0.2, 0.25) is 15.9 Å². The number of hydrogen-bond donors (Lipinski definition) is 1. The Kier molecular flexibility index (Phi) is 7.27. The highest BCUT2D eigenvalue weighted by Crippen LogP contribution is 2.34. The Morgan fingerprint density at radius 2 is 1.76 bits per heavy atom. The first-order valence-corrected chi connectivity index (χ1v) is 13.2. The van der Waals surface area contributed by atoms with Gasteiger partial charge in [0.1, 0.15) is 19.0 Å². The standard InChI is InChI=1S/C24H30N2O6S/c1-33(28,29)26(19-10-13-22-23(17-19)31-16-15-30-22)14-4-7-24(27)25-18-8-11-21(12-9-18)32-20-5-2-3-6-20/h8-13,17,20H,2-7,14-16H2,1H3,(H,25,27). The highest BCUT2D eigenvalue weighted by atomic mass is 32.2. The predicted octanol–water partition coefficient (Wildman–Crippen LogP) is 3.96. The van der Waals surface area contributed by atoms with E-state index in [1.165, 1.54) is 17.1 Å². The molecule has 33 heavy (non-hydrogen) atoms. The van der Waals surface area contributed by atoms with Crippen LogP contribution in [0.25, 0.3) is 0 Å². The molecule has 9 heteroatoms. The van der Waals surface area contributed by atoms with E-state index in [0.29, 0.717) is 42.5 Å². The third-order valence-electron chi connectivity index (χ3n) is 5.72. The number of hydrogen-bond acceptors (Lipinski definition) is 6.